The van der Waals surface area contributed by atoms with Crippen molar-refractivity contribution in [2.45, 2.75) is 12.5 Å². The van der Waals surface area contributed by atoms with E-state index in [0.29, 0.717) is 21.4 Å². The van der Waals surface area contributed by atoms with E-state index in [4.69, 9.17) is 17.3 Å². The lowest BCUT2D eigenvalue weighted by Gasteiger charge is -2.33. The molecule has 5 heterocycles. The number of thiophene rings is 1. The number of hydrogen-bond donors (Lipinski definition) is 1. The highest BCUT2D eigenvalue weighted by Gasteiger charge is 2.43. The van der Waals surface area contributed by atoms with Gasteiger partial charge in [0.1, 0.15) is 5.54 Å². The lowest BCUT2D eigenvalue weighted by molar-refractivity contribution is 0.482. The fourth-order valence-electron chi connectivity index (χ4n) is 3.68. The highest BCUT2D eigenvalue weighted by molar-refractivity contribution is 7.89. The first kappa shape index (κ1) is 20.9. The molecule has 4 aromatic heterocycles. The van der Waals surface area contributed by atoms with Crippen LogP contribution in [0.3, 0.4) is 0 Å². The Morgan fingerprint density at radius 1 is 1.22 bits per heavy atom. The summed E-state index contributed by atoms with van der Waals surface area (Å²) in [5, 5.41) is 5.41. The second kappa shape index (κ2) is 7.26. The number of hydrogen-bond acceptors (Lipinski definition) is 8. The molecule has 4 aromatic rings. The summed E-state index contributed by atoms with van der Waals surface area (Å²) in [4.78, 5) is 14.1. The van der Waals surface area contributed by atoms with Gasteiger partial charge in [0, 0.05) is 42.8 Å². The van der Waals surface area contributed by atoms with Crippen LogP contribution in [-0.4, -0.2) is 51.2 Å². The third-order valence-corrected chi connectivity index (χ3v) is 9.28. The molecule has 5 rings (SSSR count). The quantitative estimate of drug-likeness (QED) is 0.474. The molecule has 0 bridgehead atoms. The smallest absolute Gasteiger partial charge is 0.239 e. The van der Waals surface area contributed by atoms with Crippen molar-refractivity contribution >= 4 is 49.0 Å². The molecule has 1 unspecified atom stereocenters. The number of pyridine rings is 2. The van der Waals surface area contributed by atoms with Gasteiger partial charge in [-0.15, -0.1) is 11.3 Å². The molecule has 164 valence electrons. The zero-order chi connectivity index (χ0) is 22.7. The first-order valence-corrected chi connectivity index (χ1v) is 12.4. The third kappa shape index (κ3) is 3.24. The first-order valence-electron chi connectivity index (χ1n) is 9.55. The van der Waals surface area contributed by atoms with Crippen LogP contribution in [0.5, 0.6) is 0 Å². The SMILES string of the molecule is CN1C(N)=NC(C)(c2sc3c(-c4ccc(-n5cccn5)nc4)nccc3c2Cl)CS1(=O)=O. The molecule has 9 nitrogen and oxygen atoms in total. The van der Waals surface area contributed by atoms with Crippen molar-refractivity contribution in [2.24, 2.45) is 10.7 Å². The minimum atomic E-state index is -3.62. The zero-order valence-corrected chi connectivity index (χ0v) is 19.5. The van der Waals surface area contributed by atoms with E-state index >= 15 is 0 Å². The molecule has 0 fully saturated rings. The number of aromatic nitrogens is 4. The van der Waals surface area contributed by atoms with Crippen molar-refractivity contribution in [3.05, 3.63) is 59.0 Å². The van der Waals surface area contributed by atoms with Gasteiger partial charge in [0.2, 0.25) is 16.0 Å². The Morgan fingerprint density at radius 2 is 2.03 bits per heavy atom. The van der Waals surface area contributed by atoms with E-state index in [2.05, 4.69) is 20.1 Å². The van der Waals surface area contributed by atoms with Crippen molar-refractivity contribution in [2.75, 3.05) is 12.8 Å². The topological polar surface area (TPSA) is 119 Å². The predicted octanol–water partition coefficient (Wildman–Crippen LogP) is 3.00. The highest BCUT2D eigenvalue weighted by Crippen LogP contribution is 2.47. The van der Waals surface area contributed by atoms with Gasteiger partial charge in [-0.05, 0) is 31.2 Å². The van der Waals surface area contributed by atoms with Crippen LogP contribution in [0.15, 0.2) is 54.0 Å². The average molecular weight is 488 g/mol. The average Bonchev–Trinajstić information content (AvgIpc) is 3.41. The summed E-state index contributed by atoms with van der Waals surface area (Å²) in [6.45, 7) is 1.73. The molecule has 32 heavy (non-hydrogen) atoms. The van der Waals surface area contributed by atoms with Gasteiger partial charge in [0.15, 0.2) is 5.82 Å². The van der Waals surface area contributed by atoms with Crippen molar-refractivity contribution in [3.63, 3.8) is 0 Å². The molecular formula is C20H18ClN7O2S2. The summed E-state index contributed by atoms with van der Waals surface area (Å²) >= 11 is 8.12. The van der Waals surface area contributed by atoms with Crippen LogP contribution in [0.25, 0.3) is 27.2 Å². The van der Waals surface area contributed by atoms with Crippen molar-refractivity contribution in [1.82, 2.24) is 24.1 Å². The number of rotatable bonds is 3. The van der Waals surface area contributed by atoms with Gasteiger partial charge < -0.3 is 5.73 Å². The third-order valence-electron chi connectivity index (χ3n) is 5.36. The Morgan fingerprint density at radius 3 is 2.69 bits per heavy atom. The van der Waals surface area contributed by atoms with Gasteiger partial charge >= 0.3 is 0 Å². The fraction of sp³-hybridized carbons (Fsp3) is 0.200. The maximum atomic E-state index is 12.6. The molecule has 0 spiro atoms. The molecule has 0 aliphatic carbocycles. The maximum Gasteiger partial charge on any atom is 0.239 e. The fourth-order valence-corrected chi connectivity index (χ4v) is 7.03. The molecular weight excluding hydrogens is 470 g/mol. The number of halogens is 1. The molecule has 0 aromatic carbocycles. The largest absolute Gasteiger partial charge is 0.369 e. The second-order valence-electron chi connectivity index (χ2n) is 7.60. The van der Waals surface area contributed by atoms with Crippen LogP contribution in [-0.2, 0) is 15.6 Å². The monoisotopic (exact) mass is 487 g/mol. The first-order chi connectivity index (χ1) is 15.2. The van der Waals surface area contributed by atoms with Gasteiger partial charge in [0.05, 0.1) is 26.0 Å². The summed E-state index contributed by atoms with van der Waals surface area (Å²) in [6.07, 6.45) is 6.90. The van der Waals surface area contributed by atoms with E-state index in [0.717, 1.165) is 20.0 Å². The minimum Gasteiger partial charge on any atom is -0.369 e. The van der Waals surface area contributed by atoms with E-state index in [1.54, 1.807) is 30.2 Å². The summed E-state index contributed by atoms with van der Waals surface area (Å²) in [5.74, 6) is 0.390. The molecule has 1 atom stereocenters. The van der Waals surface area contributed by atoms with Gasteiger partial charge in [-0.2, -0.15) is 5.10 Å². The van der Waals surface area contributed by atoms with E-state index in [1.807, 2.05) is 30.5 Å². The molecule has 0 radical (unpaired) electrons. The molecule has 0 saturated heterocycles. The number of sulfonamides is 1. The molecule has 2 N–H and O–H groups in total. The summed E-state index contributed by atoms with van der Waals surface area (Å²) < 4.78 is 28.7. The van der Waals surface area contributed by atoms with E-state index in [9.17, 15) is 8.42 Å². The van der Waals surface area contributed by atoms with Gasteiger partial charge in [-0.1, -0.05) is 11.6 Å². The number of fused-ring (bicyclic) bond motifs is 1. The Labute approximate surface area is 193 Å². The second-order valence-corrected chi connectivity index (χ2v) is 11.0. The standard InChI is InChI=1S/C20H18ClN7O2S2/c1-20(11-32(29,30)27(2)19(22)26-20)18-15(21)13-6-8-23-16(17(13)31-18)12-4-5-14(24-10-12)28-9-3-7-25-28/h3-10H,11H2,1-2H3,(H2,22,26). The van der Waals surface area contributed by atoms with Gasteiger partial charge in [-0.25, -0.2) is 27.4 Å². The van der Waals surface area contributed by atoms with Crippen LogP contribution in [0.1, 0.15) is 11.8 Å². The van der Waals surface area contributed by atoms with Gasteiger partial charge in [0.25, 0.3) is 0 Å². The van der Waals surface area contributed by atoms with Crippen LogP contribution < -0.4 is 5.73 Å². The number of guanidine groups is 1. The summed E-state index contributed by atoms with van der Waals surface area (Å²) in [5.41, 5.74) is 6.33. The van der Waals surface area contributed by atoms with E-state index in [-0.39, 0.29) is 11.7 Å². The van der Waals surface area contributed by atoms with Crippen LogP contribution in [0.4, 0.5) is 0 Å². The number of nitrogens with two attached hydrogens (primary N) is 1. The predicted molar refractivity (Wildman–Crippen MR) is 126 cm³/mol. The van der Waals surface area contributed by atoms with E-state index < -0.39 is 15.6 Å². The van der Waals surface area contributed by atoms with E-state index in [1.165, 1.54) is 18.4 Å². The molecule has 12 heteroatoms. The Hall–Kier alpha value is -3.02. The molecule has 0 amide bonds. The normalized spacial score (nSPS) is 20.5. The van der Waals surface area contributed by atoms with Crippen molar-refractivity contribution in [1.29, 1.82) is 0 Å². The lowest BCUT2D eigenvalue weighted by Crippen LogP contribution is -2.50. The Bertz CT molecular complexity index is 1460. The Balaban J connectivity index is 1.64. The van der Waals surface area contributed by atoms with Crippen LogP contribution >= 0.6 is 22.9 Å². The lowest BCUT2D eigenvalue weighted by atomic mass is 10.0. The minimum absolute atomic E-state index is 0.0657. The highest BCUT2D eigenvalue weighted by atomic mass is 35.5. The molecule has 1 aliphatic rings. The molecule has 0 saturated carbocycles. The van der Waals surface area contributed by atoms with Crippen LogP contribution in [0, 0.1) is 0 Å². The zero-order valence-electron chi connectivity index (χ0n) is 17.1. The van der Waals surface area contributed by atoms with Crippen LogP contribution in [0.2, 0.25) is 5.02 Å². The maximum absolute atomic E-state index is 12.6. The summed E-state index contributed by atoms with van der Waals surface area (Å²) in [6, 6.07) is 7.41. The summed E-state index contributed by atoms with van der Waals surface area (Å²) in [7, 11) is -2.23. The number of aliphatic imine (C=N–C) groups is 1. The Kier molecular flexibility index (Phi) is 4.73. The molecule has 1 aliphatic heterocycles. The number of nitrogens with zero attached hydrogens (tertiary/aromatic N) is 6. The van der Waals surface area contributed by atoms with Crippen molar-refractivity contribution < 1.29 is 8.42 Å². The van der Waals surface area contributed by atoms with Gasteiger partial charge in [-0.3, -0.25) is 4.98 Å². The van der Waals surface area contributed by atoms with Crippen molar-refractivity contribution in [3.8, 4) is 17.1 Å².